The Morgan fingerprint density at radius 1 is 1.23 bits per heavy atom. The number of nitrogen functional groups attached to an aromatic ring is 1. The van der Waals surface area contributed by atoms with E-state index in [4.69, 9.17) is 20.4 Å². The Kier molecular flexibility index (Phi) is 5.68. The van der Waals surface area contributed by atoms with E-state index < -0.39 is 29.2 Å². The minimum Gasteiger partial charge on any atom is -0.383 e. The SMILES string of the molecule is COP(=O)(On1ccc(N)nc1=O)OP(=O)(O)OP(=O)(O)O. The van der Waals surface area contributed by atoms with Gasteiger partial charge in [-0.3, -0.25) is 4.52 Å². The van der Waals surface area contributed by atoms with Crippen molar-refractivity contribution in [1.29, 1.82) is 0 Å². The topological polar surface area (TPSA) is 210 Å². The Hall–Kier alpha value is -1.07. The van der Waals surface area contributed by atoms with Gasteiger partial charge in [0, 0.05) is 13.2 Å². The molecule has 0 spiro atoms. The quantitative estimate of drug-likeness (QED) is 0.428. The second-order valence-corrected chi connectivity index (χ2v) is 7.94. The third-order valence-electron chi connectivity index (χ3n) is 1.62. The van der Waals surface area contributed by atoms with Gasteiger partial charge in [-0.2, -0.15) is 13.6 Å². The van der Waals surface area contributed by atoms with E-state index in [1.54, 1.807) is 0 Å². The number of nitrogens with zero attached hydrogens (tertiary/aromatic N) is 2. The zero-order valence-corrected chi connectivity index (χ0v) is 13.3. The molecule has 0 aliphatic carbocycles. The predicted molar refractivity (Wildman–Crippen MR) is 68.1 cm³/mol. The Labute approximate surface area is 121 Å². The van der Waals surface area contributed by atoms with Crippen molar-refractivity contribution in [1.82, 2.24) is 9.71 Å². The summed E-state index contributed by atoms with van der Waals surface area (Å²) in [5.74, 6) is -0.198. The lowest BCUT2D eigenvalue weighted by Crippen LogP contribution is -2.28. The predicted octanol–water partition coefficient (Wildman–Crippen LogP) is -0.765. The van der Waals surface area contributed by atoms with Crippen LogP contribution in [0.1, 0.15) is 0 Å². The average molecular weight is 381 g/mol. The minimum atomic E-state index is -5.55. The number of anilines is 1. The van der Waals surface area contributed by atoms with Crippen molar-refractivity contribution in [3.63, 3.8) is 0 Å². The first-order chi connectivity index (χ1) is 9.86. The van der Waals surface area contributed by atoms with E-state index in [0.717, 1.165) is 12.3 Å². The highest BCUT2D eigenvalue weighted by Gasteiger charge is 2.43. The van der Waals surface area contributed by atoms with E-state index in [0.29, 0.717) is 7.11 Å². The van der Waals surface area contributed by atoms with Crippen LogP contribution in [-0.2, 0) is 26.8 Å². The lowest BCUT2D eigenvalue weighted by atomic mass is 10.6. The second kappa shape index (κ2) is 6.59. The molecule has 0 bridgehead atoms. The van der Waals surface area contributed by atoms with Crippen LogP contribution in [0.15, 0.2) is 17.1 Å². The van der Waals surface area contributed by atoms with Gasteiger partial charge in [-0.25, -0.2) is 18.5 Å². The molecule has 0 aliphatic heterocycles. The fraction of sp³-hybridized carbons (Fsp3) is 0.200. The number of hydrogen-bond acceptors (Lipinski definition) is 10. The van der Waals surface area contributed by atoms with Crippen LogP contribution in [0.3, 0.4) is 0 Å². The Morgan fingerprint density at radius 2 is 1.82 bits per heavy atom. The van der Waals surface area contributed by atoms with Crippen LogP contribution in [0, 0.1) is 0 Å². The standard InChI is InChI=1S/C5H10N3O11P3/c1-16-22(15,19-21(13,14)18-20(10,11)12)17-8-3-2-4(6)7-5(8)9/h2-3H,1H3,(H,13,14)(H2,6,7,9)(H2,10,11,12). The first-order valence-corrected chi connectivity index (χ1v) is 9.36. The lowest BCUT2D eigenvalue weighted by molar-refractivity contribution is 0.138. The summed E-state index contributed by atoms with van der Waals surface area (Å²) in [4.78, 5) is 40.4. The van der Waals surface area contributed by atoms with Crippen molar-refractivity contribution < 1.29 is 46.1 Å². The molecule has 14 nitrogen and oxygen atoms in total. The van der Waals surface area contributed by atoms with E-state index >= 15 is 0 Å². The van der Waals surface area contributed by atoms with E-state index in [2.05, 4.69) is 22.8 Å². The summed E-state index contributed by atoms with van der Waals surface area (Å²) in [5.41, 5.74) is 4.02. The Bertz CT molecular complexity index is 739. The molecule has 1 rings (SSSR count). The number of aromatic nitrogens is 2. The third kappa shape index (κ3) is 5.97. The molecule has 17 heteroatoms. The van der Waals surface area contributed by atoms with Crippen LogP contribution in [-0.4, -0.2) is 31.5 Å². The summed E-state index contributed by atoms with van der Waals surface area (Å²) in [6.07, 6.45) is 0.839. The summed E-state index contributed by atoms with van der Waals surface area (Å²) in [6, 6.07) is 1.05. The molecule has 2 atom stereocenters. The van der Waals surface area contributed by atoms with E-state index in [1.807, 2.05) is 0 Å². The number of phosphoric acid groups is 3. The molecule has 1 aromatic heterocycles. The first-order valence-electron chi connectivity index (χ1n) is 4.88. The number of rotatable bonds is 7. The van der Waals surface area contributed by atoms with Gasteiger partial charge in [0.1, 0.15) is 5.82 Å². The van der Waals surface area contributed by atoms with Gasteiger partial charge in [-0.1, -0.05) is 0 Å². The molecular weight excluding hydrogens is 371 g/mol. The zero-order chi connectivity index (χ0) is 17.2. The van der Waals surface area contributed by atoms with Crippen molar-refractivity contribution in [2.24, 2.45) is 0 Å². The van der Waals surface area contributed by atoms with Crippen molar-refractivity contribution in [2.45, 2.75) is 0 Å². The number of hydrogen-bond donors (Lipinski definition) is 4. The van der Waals surface area contributed by atoms with Crippen LogP contribution in [0.25, 0.3) is 0 Å². The molecule has 1 heterocycles. The van der Waals surface area contributed by atoms with Crippen molar-refractivity contribution in [3.8, 4) is 0 Å². The molecule has 0 saturated heterocycles. The summed E-state index contributed by atoms with van der Waals surface area (Å²) in [5, 5.41) is 0. The van der Waals surface area contributed by atoms with Crippen LogP contribution in [0.2, 0.25) is 0 Å². The molecule has 0 radical (unpaired) electrons. The Balaban J connectivity index is 3.02. The van der Waals surface area contributed by atoms with Gasteiger partial charge in [-0.05, 0) is 0 Å². The number of nitrogens with two attached hydrogens (primary N) is 1. The molecule has 1 aromatic rings. The molecule has 0 aliphatic rings. The van der Waals surface area contributed by atoms with Crippen LogP contribution < -0.4 is 16.0 Å². The highest BCUT2D eigenvalue weighted by atomic mass is 31.3. The molecule has 22 heavy (non-hydrogen) atoms. The van der Waals surface area contributed by atoms with Gasteiger partial charge in [-0.15, -0.1) is 4.73 Å². The van der Waals surface area contributed by atoms with E-state index in [1.165, 1.54) is 0 Å². The van der Waals surface area contributed by atoms with Crippen LogP contribution in [0.4, 0.5) is 5.82 Å². The van der Waals surface area contributed by atoms with Gasteiger partial charge < -0.3 is 25.0 Å². The molecule has 0 amide bonds. The summed E-state index contributed by atoms with van der Waals surface area (Å²) < 4.78 is 49.9. The summed E-state index contributed by atoms with van der Waals surface area (Å²) in [7, 11) is -15.3. The van der Waals surface area contributed by atoms with Gasteiger partial charge in [0.15, 0.2) is 0 Å². The maximum atomic E-state index is 11.9. The molecule has 0 saturated carbocycles. The third-order valence-corrected chi connectivity index (χ3v) is 5.74. The fourth-order valence-electron chi connectivity index (χ4n) is 0.932. The molecule has 0 aromatic carbocycles. The normalized spacial score (nSPS) is 17.5. The highest BCUT2D eigenvalue weighted by Crippen LogP contribution is 2.66. The minimum absolute atomic E-state index is 0.193. The van der Waals surface area contributed by atoms with Gasteiger partial charge in [0.2, 0.25) is 0 Å². The molecule has 0 fully saturated rings. The maximum Gasteiger partial charge on any atom is 0.558 e. The molecule has 5 N–H and O–H groups in total. The summed E-state index contributed by atoms with van der Waals surface area (Å²) in [6.45, 7) is 0. The van der Waals surface area contributed by atoms with Crippen LogP contribution in [0.5, 0.6) is 0 Å². The largest absolute Gasteiger partial charge is 0.558 e. The van der Waals surface area contributed by atoms with E-state index in [9.17, 15) is 18.5 Å². The second-order valence-electron chi connectivity index (χ2n) is 3.29. The zero-order valence-electron chi connectivity index (χ0n) is 10.6. The molecular formula is C5H10N3O11P3. The first kappa shape index (κ1) is 19.0. The van der Waals surface area contributed by atoms with Crippen molar-refractivity contribution >= 4 is 29.3 Å². The van der Waals surface area contributed by atoms with Gasteiger partial charge >= 0.3 is 29.2 Å². The molecule has 2 unspecified atom stereocenters. The smallest absolute Gasteiger partial charge is 0.383 e. The summed E-state index contributed by atoms with van der Waals surface area (Å²) >= 11 is 0. The van der Waals surface area contributed by atoms with E-state index in [-0.39, 0.29) is 10.5 Å². The molecule has 126 valence electrons. The maximum absolute atomic E-state index is 11.9. The Morgan fingerprint density at radius 3 is 2.27 bits per heavy atom. The average Bonchev–Trinajstić information content (AvgIpc) is 2.29. The monoisotopic (exact) mass is 381 g/mol. The van der Waals surface area contributed by atoms with Crippen LogP contribution >= 0.6 is 23.5 Å². The lowest BCUT2D eigenvalue weighted by Gasteiger charge is -2.18. The highest BCUT2D eigenvalue weighted by molar-refractivity contribution is 7.66. The van der Waals surface area contributed by atoms with Gasteiger partial charge in [0.25, 0.3) is 0 Å². The van der Waals surface area contributed by atoms with Crippen molar-refractivity contribution in [2.75, 3.05) is 12.8 Å². The fourth-order valence-corrected chi connectivity index (χ4v) is 4.20. The van der Waals surface area contributed by atoms with Gasteiger partial charge in [0.05, 0.1) is 6.20 Å². The van der Waals surface area contributed by atoms with Crippen molar-refractivity contribution in [3.05, 3.63) is 22.7 Å².